The first kappa shape index (κ1) is 18.2. The fourth-order valence-electron chi connectivity index (χ4n) is 3.54. The second-order valence-corrected chi connectivity index (χ2v) is 7.20. The Kier molecular flexibility index (Phi) is 5.37. The molecule has 0 spiro atoms. The van der Waals surface area contributed by atoms with Gasteiger partial charge in [-0.3, -0.25) is 0 Å². The number of carbonyl (C=O) groups is 1. The zero-order valence-corrected chi connectivity index (χ0v) is 15.5. The first-order valence-electron chi connectivity index (χ1n) is 9.56. The van der Waals surface area contributed by atoms with Gasteiger partial charge in [-0.15, -0.1) is 0 Å². The van der Waals surface area contributed by atoms with Gasteiger partial charge < -0.3 is 10.6 Å². The number of halogens is 1. The normalized spacial score (nSPS) is 18.3. The van der Waals surface area contributed by atoms with E-state index >= 15 is 0 Å². The Balaban J connectivity index is 1.17. The molecule has 1 aliphatic carbocycles. The van der Waals surface area contributed by atoms with Crippen LogP contribution in [0.4, 0.5) is 9.18 Å². The molecule has 0 atom stereocenters. The Bertz CT molecular complexity index is 934. The second kappa shape index (κ2) is 8.25. The van der Waals surface area contributed by atoms with Crippen LogP contribution in [-0.4, -0.2) is 28.4 Å². The molecule has 2 aromatic carbocycles. The van der Waals surface area contributed by atoms with Crippen molar-refractivity contribution >= 4 is 6.03 Å². The van der Waals surface area contributed by atoms with Gasteiger partial charge in [0.15, 0.2) is 0 Å². The highest BCUT2D eigenvalue weighted by Crippen LogP contribution is 2.36. The van der Waals surface area contributed by atoms with Crippen molar-refractivity contribution in [1.82, 2.24) is 20.4 Å². The molecule has 0 bridgehead atoms. The van der Waals surface area contributed by atoms with Crippen LogP contribution in [0, 0.1) is 5.82 Å². The molecule has 28 heavy (non-hydrogen) atoms. The number of benzene rings is 2. The molecule has 6 heteroatoms. The molecule has 0 aliphatic heterocycles. The zero-order valence-electron chi connectivity index (χ0n) is 15.5. The van der Waals surface area contributed by atoms with Crippen LogP contribution in [0.5, 0.6) is 0 Å². The van der Waals surface area contributed by atoms with Crippen molar-refractivity contribution < 1.29 is 9.18 Å². The summed E-state index contributed by atoms with van der Waals surface area (Å²) < 4.78 is 15.1. The van der Waals surface area contributed by atoms with E-state index in [4.69, 9.17) is 0 Å². The van der Waals surface area contributed by atoms with E-state index in [2.05, 4.69) is 15.7 Å². The largest absolute Gasteiger partial charge is 0.338 e. The molecule has 0 radical (unpaired) electrons. The average Bonchev–Trinajstić information content (AvgIpc) is 3.14. The van der Waals surface area contributed by atoms with E-state index in [1.54, 1.807) is 12.1 Å². The monoisotopic (exact) mass is 378 g/mol. The molecular weight excluding hydrogens is 355 g/mol. The van der Waals surface area contributed by atoms with E-state index in [-0.39, 0.29) is 17.9 Å². The third-order valence-electron chi connectivity index (χ3n) is 5.15. The molecule has 1 saturated carbocycles. The molecule has 144 valence electrons. The van der Waals surface area contributed by atoms with Crippen molar-refractivity contribution in [2.24, 2.45) is 0 Å². The van der Waals surface area contributed by atoms with Gasteiger partial charge in [0, 0.05) is 18.8 Å². The Labute approximate surface area is 163 Å². The lowest BCUT2D eigenvalue weighted by atomic mass is 9.76. The number of nitrogens with zero attached hydrogens (tertiary/aromatic N) is 2. The molecule has 1 fully saturated rings. The number of carbonyl (C=O) groups excluding carboxylic acids is 1. The summed E-state index contributed by atoms with van der Waals surface area (Å²) in [6.07, 6.45) is 6.21. The summed E-state index contributed by atoms with van der Waals surface area (Å²) in [6.45, 7) is 0.548. The lowest BCUT2D eigenvalue weighted by Gasteiger charge is -2.36. The zero-order chi connectivity index (χ0) is 19.3. The van der Waals surface area contributed by atoms with Crippen LogP contribution < -0.4 is 10.6 Å². The quantitative estimate of drug-likeness (QED) is 0.685. The van der Waals surface area contributed by atoms with Crippen molar-refractivity contribution in [2.75, 3.05) is 6.54 Å². The first-order valence-corrected chi connectivity index (χ1v) is 9.56. The van der Waals surface area contributed by atoms with Crippen molar-refractivity contribution in [2.45, 2.75) is 31.2 Å². The molecular formula is C22H23FN4O. The number of hydrogen-bond donors (Lipinski definition) is 2. The summed E-state index contributed by atoms with van der Waals surface area (Å²) in [4.78, 5) is 12.1. The van der Waals surface area contributed by atoms with Gasteiger partial charge in [0.2, 0.25) is 0 Å². The summed E-state index contributed by atoms with van der Waals surface area (Å²) >= 11 is 0. The number of nitrogens with one attached hydrogen (secondary N) is 2. The van der Waals surface area contributed by atoms with E-state index in [1.165, 1.54) is 6.07 Å². The van der Waals surface area contributed by atoms with Gasteiger partial charge in [-0.05, 0) is 60.6 Å². The summed E-state index contributed by atoms with van der Waals surface area (Å²) in [6, 6.07) is 16.6. The van der Waals surface area contributed by atoms with Crippen LogP contribution >= 0.6 is 0 Å². The SMILES string of the molecule is O=C(NCCc1cnn(-c2ccccc2)c1)NC1CC(c2cccc(F)c2)C1. The van der Waals surface area contributed by atoms with Crippen molar-refractivity contribution in [1.29, 1.82) is 0 Å². The number of rotatable bonds is 6. The molecule has 0 unspecified atom stereocenters. The van der Waals surface area contributed by atoms with Crippen molar-refractivity contribution in [3.8, 4) is 5.69 Å². The fourth-order valence-corrected chi connectivity index (χ4v) is 3.54. The fraction of sp³-hybridized carbons (Fsp3) is 0.273. The number of para-hydroxylation sites is 1. The maximum absolute atomic E-state index is 13.3. The predicted molar refractivity (Wildman–Crippen MR) is 106 cm³/mol. The third kappa shape index (κ3) is 4.39. The van der Waals surface area contributed by atoms with E-state index < -0.39 is 0 Å². The van der Waals surface area contributed by atoms with Crippen LogP contribution in [-0.2, 0) is 6.42 Å². The smallest absolute Gasteiger partial charge is 0.315 e. The van der Waals surface area contributed by atoms with Gasteiger partial charge in [0.25, 0.3) is 0 Å². The van der Waals surface area contributed by atoms with Gasteiger partial charge in [-0.2, -0.15) is 5.10 Å². The highest BCUT2D eigenvalue weighted by Gasteiger charge is 2.31. The van der Waals surface area contributed by atoms with Gasteiger partial charge in [0.05, 0.1) is 11.9 Å². The first-order chi connectivity index (χ1) is 13.7. The van der Waals surface area contributed by atoms with Crippen molar-refractivity contribution in [3.05, 3.63) is 83.9 Å². The molecule has 1 aliphatic rings. The van der Waals surface area contributed by atoms with Crippen LogP contribution in [0.25, 0.3) is 5.69 Å². The van der Waals surface area contributed by atoms with Gasteiger partial charge in [-0.1, -0.05) is 30.3 Å². The number of urea groups is 1. The van der Waals surface area contributed by atoms with Crippen LogP contribution in [0.2, 0.25) is 0 Å². The Morgan fingerprint density at radius 2 is 1.96 bits per heavy atom. The van der Waals surface area contributed by atoms with Crippen LogP contribution in [0.15, 0.2) is 67.0 Å². The highest BCUT2D eigenvalue weighted by atomic mass is 19.1. The predicted octanol–water partition coefficient (Wildman–Crippen LogP) is 3.80. The van der Waals surface area contributed by atoms with E-state index in [1.807, 2.05) is 53.5 Å². The molecule has 5 nitrogen and oxygen atoms in total. The number of hydrogen-bond acceptors (Lipinski definition) is 2. The Hall–Kier alpha value is -3.15. The lowest BCUT2D eigenvalue weighted by Crippen LogP contribution is -2.48. The third-order valence-corrected chi connectivity index (χ3v) is 5.15. The minimum absolute atomic E-state index is 0.147. The maximum atomic E-state index is 13.3. The second-order valence-electron chi connectivity index (χ2n) is 7.20. The standard InChI is InChI=1S/C22H23FN4O/c23-19-6-4-5-17(11-19)18-12-20(13-18)26-22(28)24-10-9-16-14-25-27(15-16)21-7-2-1-3-8-21/h1-8,11,14-15,18,20H,9-10,12-13H2,(H2,24,26,28). The van der Waals surface area contributed by atoms with Gasteiger partial charge >= 0.3 is 6.03 Å². The molecule has 2 amide bonds. The Morgan fingerprint density at radius 1 is 1.14 bits per heavy atom. The summed E-state index contributed by atoms with van der Waals surface area (Å²) in [5.41, 5.74) is 3.09. The highest BCUT2D eigenvalue weighted by molar-refractivity contribution is 5.74. The van der Waals surface area contributed by atoms with E-state index in [0.717, 1.165) is 36.1 Å². The Morgan fingerprint density at radius 3 is 2.75 bits per heavy atom. The van der Waals surface area contributed by atoms with Crippen LogP contribution in [0.3, 0.4) is 0 Å². The van der Waals surface area contributed by atoms with E-state index in [0.29, 0.717) is 12.5 Å². The number of amides is 2. The topological polar surface area (TPSA) is 59.0 Å². The summed E-state index contributed by atoms with van der Waals surface area (Å²) in [7, 11) is 0. The van der Waals surface area contributed by atoms with Gasteiger partial charge in [-0.25, -0.2) is 13.9 Å². The molecule has 1 aromatic heterocycles. The minimum Gasteiger partial charge on any atom is -0.338 e. The number of aromatic nitrogens is 2. The molecule has 2 N–H and O–H groups in total. The summed E-state index contributed by atoms with van der Waals surface area (Å²) in [5.74, 6) is 0.118. The van der Waals surface area contributed by atoms with Crippen molar-refractivity contribution in [3.63, 3.8) is 0 Å². The molecule has 4 rings (SSSR count). The van der Waals surface area contributed by atoms with Gasteiger partial charge in [0.1, 0.15) is 5.82 Å². The summed E-state index contributed by atoms with van der Waals surface area (Å²) in [5, 5.41) is 10.2. The van der Waals surface area contributed by atoms with E-state index in [9.17, 15) is 9.18 Å². The minimum atomic E-state index is -0.206. The maximum Gasteiger partial charge on any atom is 0.315 e. The lowest BCUT2D eigenvalue weighted by molar-refractivity contribution is 0.222. The molecule has 3 aromatic rings. The van der Waals surface area contributed by atoms with Crippen LogP contribution in [0.1, 0.15) is 29.9 Å². The average molecular weight is 378 g/mol. The molecule has 1 heterocycles. The molecule has 0 saturated heterocycles.